The van der Waals surface area contributed by atoms with Crippen molar-refractivity contribution in [2.45, 2.75) is 51.2 Å². The molecular weight excluding hydrogens is 330 g/mol. The predicted octanol–water partition coefficient (Wildman–Crippen LogP) is 2.31. The fourth-order valence-electron chi connectivity index (χ4n) is 3.23. The van der Waals surface area contributed by atoms with E-state index in [0.29, 0.717) is 18.5 Å². The Balaban J connectivity index is 1.87. The van der Waals surface area contributed by atoms with Crippen molar-refractivity contribution in [1.82, 2.24) is 15.3 Å². The molecule has 1 aliphatic carbocycles. The van der Waals surface area contributed by atoms with Crippen LogP contribution in [-0.2, 0) is 5.41 Å². The van der Waals surface area contributed by atoms with Crippen molar-refractivity contribution in [3.63, 3.8) is 0 Å². The first-order valence-corrected chi connectivity index (χ1v) is 8.90. The molecule has 1 heterocycles. The molecule has 3 rings (SSSR count). The van der Waals surface area contributed by atoms with Gasteiger partial charge in [0.25, 0.3) is 5.91 Å². The van der Waals surface area contributed by atoms with Gasteiger partial charge in [0.2, 0.25) is 0 Å². The number of hydrogen-bond acceptors (Lipinski definition) is 4. The molecule has 0 spiro atoms. The number of nitrogens with one attached hydrogen (secondary N) is 2. The van der Waals surface area contributed by atoms with Crippen LogP contribution in [-0.4, -0.2) is 27.1 Å². The van der Waals surface area contributed by atoms with Gasteiger partial charge in [0.15, 0.2) is 0 Å². The lowest BCUT2D eigenvalue weighted by atomic mass is 9.75. The lowest BCUT2D eigenvalue weighted by Gasteiger charge is -2.38. The van der Waals surface area contributed by atoms with Gasteiger partial charge in [0, 0.05) is 11.1 Å². The summed E-state index contributed by atoms with van der Waals surface area (Å²) in [6.07, 6.45) is 0.986. The van der Waals surface area contributed by atoms with E-state index in [-0.39, 0.29) is 35.1 Å². The molecule has 6 nitrogen and oxygen atoms in total. The van der Waals surface area contributed by atoms with Crippen molar-refractivity contribution in [2.75, 3.05) is 0 Å². The zero-order chi connectivity index (χ0) is 18.9. The SMILES string of the molecule is CC(C)(C)c1cc(C(=O)N[C@@H](c2ccccc2)C2CC(O)C2)nc(=O)[nH]1. The fraction of sp³-hybridized carbons (Fsp3) is 0.450. The Morgan fingerprint density at radius 3 is 2.50 bits per heavy atom. The number of amides is 1. The molecule has 1 amide bonds. The number of rotatable bonds is 4. The van der Waals surface area contributed by atoms with E-state index in [1.165, 1.54) is 0 Å². The maximum Gasteiger partial charge on any atom is 0.345 e. The minimum absolute atomic E-state index is 0.111. The van der Waals surface area contributed by atoms with Gasteiger partial charge in [-0.15, -0.1) is 0 Å². The molecule has 0 radical (unpaired) electrons. The average Bonchev–Trinajstić information content (AvgIpc) is 2.56. The van der Waals surface area contributed by atoms with Crippen LogP contribution in [0, 0.1) is 5.92 Å². The van der Waals surface area contributed by atoms with Crippen molar-refractivity contribution in [3.8, 4) is 0 Å². The smallest absolute Gasteiger partial charge is 0.345 e. The Kier molecular flexibility index (Phi) is 4.96. The van der Waals surface area contributed by atoms with Gasteiger partial charge in [-0.05, 0) is 30.4 Å². The third kappa shape index (κ3) is 4.02. The Morgan fingerprint density at radius 1 is 1.27 bits per heavy atom. The third-order valence-electron chi connectivity index (χ3n) is 4.85. The summed E-state index contributed by atoms with van der Waals surface area (Å²) in [6.45, 7) is 5.88. The first-order chi connectivity index (χ1) is 12.2. The number of aliphatic hydroxyl groups is 1. The van der Waals surface area contributed by atoms with Crippen LogP contribution in [0.15, 0.2) is 41.2 Å². The van der Waals surface area contributed by atoms with E-state index in [9.17, 15) is 14.7 Å². The van der Waals surface area contributed by atoms with Crippen LogP contribution >= 0.6 is 0 Å². The predicted molar refractivity (Wildman–Crippen MR) is 98.9 cm³/mol. The Bertz CT molecular complexity index is 833. The van der Waals surface area contributed by atoms with Gasteiger partial charge in [-0.25, -0.2) is 4.79 Å². The highest BCUT2D eigenvalue weighted by Gasteiger charge is 2.36. The molecule has 1 fully saturated rings. The van der Waals surface area contributed by atoms with Gasteiger partial charge in [0.05, 0.1) is 12.1 Å². The number of benzene rings is 1. The highest BCUT2D eigenvalue weighted by atomic mass is 16.3. The fourth-order valence-corrected chi connectivity index (χ4v) is 3.23. The zero-order valence-corrected chi connectivity index (χ0v) is 15.3. The summed E-state index contributed by atoms with van der Waals surface area (Å²) < 4.78 is 0. The van der Waals surface area contributed by atoms with E-state index < -0.39 is 5.69 Å². The van der Waals surface area contributed by atoms with Crippen molar-refractivity contribution in [2.24, 2.45) is 5.92 Å². The number of hydrogen-bond donors (Lipinski definition) is 3. The van der Waals surface area contributed by atoms with Crippen LogP contribution in [0.25, 0.3) is 0 Å². The van der Waals surface area contributed by atoms with E-state index in [2.05, 4.69) is 15.3 Å². The monoisotopic (exact) mass is 355 g/mol. The maximum atomic E-state index is 12.8. The summed E-state index contributed by atoms with van der Waals surface area (Å²) >= 11 is 0. The van der Waals surface area contributed by atoms with Gasteiger partial charge in [-0.3, -0.25) is 4.79 Å². The molecule has 2 aromatic rings. The van der Waals surface area contributed by atoms with Crippen LogP contribution in [0.4, 0.5) is 0 Å². The lowest BCUT2D eigenvalue weighted by Crippen LogP contribution is -2.42. The van der Waals surface area contributed by atoms with E-state index in [1.54, 1.807) is 6.07 Å². The van der Waals surface area contributed by atoms with Crippen LogP contribution in [0.5, 0.6) is 0 Å². The number of aromatic nitrogens is 2. The second-order valence-electron chi connectivity index (χ2n) is 7.98. The van der Waals surface area contributed by atoms with Crippen molar-refractivity contribution in [3.05, 3.63) is 63.8 Å². The molecule has 0 aliphatic heterocycles. The second-order valence-corrected chi connectivity index (χ2v) is 7.98. The summed E-state index contributed by atoms with van der Waals surface area (Å²) in [4.78, 5) is 31.2. The molecule has 3 N–H and O–H groups in total. The molecule has 1 saturated carbocycles. The summed E-state index contributed by atoms with van der Waals surface area (Å²) in [5.74, 6) is -0.211. The zero-order valence-electron chi connectivity index (χ0n) is 15.3. The topological polar surface area (TPSA) is 95.1 Å². The Morgan fingerprint density at radius 2 is 1.92 bits per heavy atom. The molecule has 26 heavy (non-hydrogen) atoms. The van der Waals surface area contributed by atoms with Crippen LogP contribution in [0.3, 0.4) is 0 Å². The highest BCUT2D eigenvalue weighted by molar-refractivity contribution is 5.92. The normalized spacial score (nSPS) is 20.9. The summed E-state index contributed by atoms with van der Waals surface area (Å²) in [7, 11) is 0. The molecule has 6 heteroatoms. The average molecular weight is 355 g/mol. The van der Waals surface area contributed by atoms with Gasteiger partial charge >= 0.3 is 5.69 Å². The molecule has 0 unspecified atom stereocenters. The molecule has 1 atom stereocenters. The number of aromatic amines is 1. The third-order valence-corrected chi connectivity index (χ3v) is 4.85. The summed E-state index contributed by atoms with van der Waals surface area (Å²) in [5.41, 5.74) is 0.933. The molecule has 1 aromatic carbocycles. The second kappa shape index (κ2) is 7.03. The Hall–Kier alpha value is -2.47. The van der Waals surface area contributed by atoms with Gasteiger partial charge in [-0.1, -0.05) is 51.1 Å². The number of nitrogens with zero attached hydrogens (tertiary/aromatic N) is 1. The van der Waals surface area contributed by atoms with E-state index in [4.69, 9.17) is 0 Å². The minimum atomic E-state index is -0.530. The molecule has 0 bridgehead atoms. The van der Waals surface area contributed by atoms with Gasteiger partial charge in [-0.2, -0.15) is 4.98 Å². The van der Waals surface area contributed by atoms with E-state index in [0.717, 1.165) is 5.56 Å². The van der Waals surface area contributed by atoms with Crippen LogP contribution in [0.2, 0.25) is 0 Å². The van der Waals surface area contributed by atoms with Crippen molar-refractivity contribution < 1.29 is 9.90 Å². The van der Waals surface area contributed by atoms with Gasteiger partial charge < -0.3 is 15.4 Å². The minimum Gasteiger partial charge on any atom is -0.393 e. The summed E-state index contributed by atoms with van der Waals surface area (Å²) in [6, 6.07) is 11.1. The number of carbonyl (C=O) groups excluding carboxylic acids is 1. The highest BCUT2D eigenvalue weighted by Crippen LogP contribution is 2.38. The van der Waals surface area contributed by atoms with E-state index in [1.807, 2.05) is 51.1 Å². The van der Waals surface area contributed by atoms with Gasteiger partial charge in [0.1, 0.15) is 5.69 Å². The standard InChI is InChI=1S/C20H25N3O3/c1-20(2,3)16-11-15(21-19(26)22-16)18(25)23-17(13-9-14(24)10-13)12-7-5-4-6-8-12/h4-8,11,13-14,17,24H,9-10H2,1-3H3,(H,23,25)(H,21,22,26)/t13?,14?,17-/m0/s1. The number of carbonyl (C=O) groups is 1. The first-order valence-electron chi connectivity index (χ1n) is 8.90. The largest absolute Gasteiger partial charge is 0.393 e. The Labute approximate surface area is 152 Å². The van der Waals surface area contributed by atoms with E-state index >= 15 is 0 Å². The van der Waals surface area contributed by atoms with Crippen LogP contribution < -0.4 is 11.0 Å². The maximum absolute atomic E-state index is 12.8. The van der Waals surface area contributed by atoms with Crippen molar-refractivity contribution >= 4 is 5.91 Å². The molecular formula is C20H25N3O3. The lowest BCUT2D eigenvalue weighted by molar-refractivity contribution is 0.0234. The molecule has 0 saturated heterocycles. The molecule has 1 aliphatic rings. The number of aliphatic hydroxyl groups excluding tert-OH is 1. The first kappa shape index (κ1) is 18.3. The summed E-state index contributed by atoms with van der Waals surface area (Å²) in [5, 5.41) is 12.7. The van der Waals surface area contributed by atoms with Crippen molar-refractivity contribution in [1.29, 1.82) is 0 Å². The quantitative estimate of drug-likeness (QED) is 0.784. The molecule has 138 valence electrons. The number of H-pyrrole nitrogens is 1. The van der Waals surface area contributed by atoms with Crippen LogP contribution in [0.1, 0.15) is 61.4 Å². The molecule has 1 aromatic heterocycles.